The van der Waals surface area contributed by atoms with E-state index < -0.39 is 10.0 Å². The number of hydrogen-bond acceptors (Lipinski definition) is 4. The lowest BCUT2D eigenvalue weighted by Crippen LogP contribution is -2.29. The summed E-state index contributed by atoms with van der Waals surface area (Å²) in [6, 6.07) is -0.0196. The highest BCUT2D eigenvalue weighted by atomic mass is 35.5. The van der Waals surface area contributed by atoms with Gasteiger partial charge in [-0.05, 0) is 27.2 Å². The van der Waals surface area contributed by atoms with Crippen molar-refractivity contribution in [2.24, 2.45) is 12.8 Å². The van der Waals surface area contributed by atoms with Gasteiger partial charge in [0.25, 0.3) is 0 Å². The number of nitrogens with zero attached hydrogens (tertiary/aromatic N) is 2. The highest BCUT2D eigenvalue weighted by Crippen LogP contribution is 2.17. The predicted octanol–water partition coefficient (Wildman–Crippen LogP) is 0.474. The van der Waals surface area contributed by atoms with E-state index in [1.807, 2.05) is 6.92 Å². The molecular formula is C10H21ClN4O2S. The average molecular weight is 297 g/mol. The molecule has 0 radical (unpaired) electrons. The first-order valence-corrected chi connectivity index (χ1v) is 6.99. The van der Waals surface area contributed by atoms with Crippen LogP contribution in [0.25, 0.3) is 0 Å². The van der Waals surface area contributed by atoms with E-state index in [2.05, 4.69) is 9.82 Å². The zero-order chi connectivity index (χ0) is 13.2. The summed E-state index contributed by atoms with van der Waals surface area (Å²) in [6.07, 6.45) is 0.609. The average Bonchev–Trinajstić information content (AvgIpc) is 2.40. The van der Waals surface area contributed by atoms with E-state index in [4.69, 9.17) is 5.73 Å². The van der Waals surface area contributed by atoms with Crippen LogP contribution in [0, 0.1) is 13.8 Å². The summed E-state index contributed by atoms with van der Waals surface area (Å²) in [6.45, 7) is 5.61. The second-order valence-corrected chi connectivity index (χ2v) is 5.99. The quantitative estimate of drug-likeness (QED) is 0.827. The van der Waals surface area contributed by atoms with Crippen LogP contribution < -0.4 is 10.5 Å². The normalized spacial score (nSPS) is 13.2. The number of aromatic nitrogens is 2. The number of halogens is 1. The summed E-state index contributed by atoms with van der Waals surface area (Å²) in [5.74, 6) is 0. The topological polar surface area (TPSA) is 90.0 Å². The molecule has 0 aromatic carbocycles. The maximum Gasteiger partial charge on any atom is 0.244 e. The van der Waals surface area contributed by atoms with E-state index >= 15 is 0 Å². The van der Waals surface area contributed by atoms with Crippen LogP contribution in [0.3, 0.4) is 0 Å². The van der Waals surface area contributed by atoms with Gasteiger partial charge in [0.1, 0.15) is 4.90 Å². The zero-order valence-corrected chi connectivity index (χ0v) is 12.7. The molecule has 1 aromatic heterocycles. The van der Waals surface area contributed by atoms with Crippen molar-refractivity contribution in [3.05, 3.63) is 11.4 Å². The lowest BCUT2D eigenvalue weighted by Gasteiger charge is -2.08. The molecule has 1 heterocycles. The van der Waals surface area contributed by atoms with Crippen molar-refractivity contribution in [1.29, 1.82) is 0 Å². The molecule has 0 saturated heterocycles. The van der Waals surface area contributed by atoms with Gasteiger partial charge in [0.2, 0.25) is 10.0 Å². The van der Waals surface area contributed by atoms with Crippen LogP contribution in [0.4, 0.5) is 0 Å². The molecule has 1 rings (SSSR count). The van der Waals surface area contributed by atoms with Gasteiger partial charge in [-0.3, -0.25) is 4.68 Å². The third kappa shape index (κ3) is 3.94. The maximum atomic E-state index is 12.1. The van der Waals surface area contributed by atoms with Crippen molar-refractivity contribution in [1.82, 2.24) is 14.5 Å². The van der Waals surface area contributed by atoms with Crippen LogP contribution in [-0.2, 0) is 17.1 Å². The summed E-state index contributed by atoms with van der Waals surface area (Å²) >= 11 is 0. The first-order chi connectivity index (χ1) is 7.75. The molecule has 0 aliphatic heterocycles. The molecule has 6 nitrogen and oxygen atoms in total. The molecule has 0 spiro atoms. The molecule has 0 saturated carbocycles. The fraction of sp³-hybridized carbons (Fsp3) is 0.700. The van der Waals surface area contributed by atoms with Crippen LogP contribution in [-0.4, -0.2) is 30.8 Å². The summed E-state index contributed by atoms with van der Waals surface area (Å²) in [5, 5.41) is 4.09. The smallest absolute Gasteiger partial charge is 0.244 e. The highest BCUT2D eigenvalue weighted by molar-refractivity contribution is 7.89. The lowest BCUT2D eigenvalue weighted by molar-refractivity contribution is 0.570. The summed E-state index contributed by atoms with van der Waals surface area (Å²) < 4.78 is 28.2. The van der Waals surface area contributed by atoms with Gasteiger partial charge in [0.05, 0.1) is 11.4 Å². The first kappa shape index (κ1) is 17.4. The van der Waals surface area contributed by atoms with Gasteiger partial charge >= 0.3 is 0 Å². The Balaban J connectivity index is 0.00000289. The minimum absolute atomic E-state index is 0. The Hall–Kier alpha value is -0.630. The van der Waals surface area contributed by atoms with Gasteiger partial charge in [0, 0.05) is 19.6 Å². The summed E-state index contributed by atoms with van der Waals surface area (Å²) in [7, 11) is -1.76. The first-order valence-electron chi connectivity index (χ1n) is 5.51. The summed E-state index contributed by atoms with van der Waals surface area (Å²) in [5.41, 5.74) is 6.72. The Kier molecular flexibility index (Phi) is 6.28. The van der Waals surface area contributed by atoms with Crippen molar-refractivity contribution in [3.8, 4) is 0 Å². The lowest BCUT2D eigenvalue weighted by atomic mass is 10.3. The van der Waals surface area contributed by atoms with E-state index in [0.717, 1.165) is 0 Å². The number of rotatable bonds is 5. The third-order valence-electron chi connectivity index (χ3n) is 2.60. The Bertz CT molecular complexity index is 496. The molecule has 0 fully saturated rings. The van der Waals surface area contributed by atoms with Gasteiger partial charge in [-0.1, -0.05) is 0 Å². The largest absolute Gasteiger partial charge is 0.328 e. The third-order valence-corrected chi connectivity index (χ3v) is 4.32. The number of nitrogens with one attached hydrogen (secondary N) is 1. The molecule has 0 bridgehead atoms. The van der Waals surface area contributed by atoms with E-state index in [9.17, 15) is 8.42 Å². The zero-order valence-electron chi connectivity index (χ0n) is 11.1. The van der Waals surface area contributed by atoms with Crippen molar-refractivity contribution in [3.63, 3.8) is 0 Å². The number of sulfonamides is 1. The van der Waals surface area contributed by atoms with Crippen molar-refractivity contribution in [2.45, 2.75) is 38.1 Å². The van der Waals surface area contributed by atoms with Gasteiger partial charge in [-0.25, -0.2) is 13.1 Å². The van der Waals surface area contributed by atoms with Crippen LogP contribution in [0.15, 0.2) is 4.90 Å². The Morgan fingerprint density at radius 2 is 2.00 bits per heavy atom. The van der Waals surface area contributed by atoms with E-state index in [1.54, 1.807) is 25.6 Å². The van der Waals surface area contributed by atoms with E-state index in [-0.39, 0.29) is 23.3 Å². The number of nitrogens with two attached hydrogens (primary N) is 1. The van der Waals surface area contributed by atoms with E-state index in [1.165, 1.54) is 0 Å². The highest BCUT2D eigenvalue weighted by Gasteiger charge is 2.23. The fourth-order valence-electron chi connectivity index (χ4n) is 1.64. The predicted molar refractivity (Wildman–Crippen MR) is 73.4 cm³/mol. The Morgan fingerprint density at radius 3 is 2.39 bits per heavy atom. The van der Waals surface area contributed by atoms with Gasteiger partial charge < -0.3 is 5.73 Å². The van der Waals surface area contributed by atoms with Crippen molar-refractivity contribution < 1.29 is 8.42 Å². The Labute approximate surface area is 114 Å². The molecule has 106 valence electrons. The minimum atomic E-state index is -3.49. The molecule has 3 N–H and O–H groups in total. The van der Waals surface area contributed by atoms with Gasteiger partial charge in [0.15, 0.2) is 0 Å². The van der Waals surface area contributed by atoms with Crippen LogP contribution in [0.2, 0.25) is 0 Å². The van der Waals surface area contributed by atoms with Gasteiger partial charge in [-0.2, -0.15) is 5.10 Å². The Morgan fingerprint density at radius 1 is 1.44 bits per heavy atom. The second-order valence-electron chi connectivity index (χ2n) is 4.29. The fourth-order valence-corrected chi connectivity index (χ4v) is 3.12. The molecule has 0 aliphatic rings. The maximum absolute atomic E-state index is 12.1. The number of aryl methyl sites for hydroxylation is 2. The molecular weight excluding hydrogens is 276 g/mol. The molecule has 18 heavy (non-hydrogen) atoms. The number of hydrogen-bond donors (Lipinski definition) is 2. The van der Waals surface area contributed by atoms with Gasteiger partial charge in [-0.15, -0.1) is 12.4 Å². The summed E-state index contributed by atoms with van der Waals surface area (Å²) in [4.78, 5) is 0.268. The standard InChI is InChI=1S/C10H20N4O2S.ClH/c1-7(11)5-6-12-17(15,16)10-8(2)13-14(4)9(10)3;/h7,12H,5-6,11H2,1-4H3;1H. The second kappa shape index (κ2) is 6.51. The monoisotopic (exact) mass is 296 g/mol. The molecule has 8 heteroatoms. The minimum Gasteiger partial charge on any atom is -0.328 e. The molecule has 1 atom stereocenters. The van der Waals surface area contributed by atoms with Crippen LogP contribution in [0.5, 0.6) is 0 Å². The van der Waals surface area contributed by atoms with Crippen molar-refractivity contribution in [2.75, 3.05) is 6.54 Å². The van der Waals surface area contributed by atoms with E-state index in [0.29, 0.717) is 24.4 Å². The molecule has 0 aliphatic carbocycles. The molecule has 0 amide bonds. The van der Waals surface area contributed by atoms with Crippen molar-refractivity contribution >= 4 is 22.4 Å². The SMILES string of the molecule is Cc1nn(C)c(C)c1S(=O)(=O)NCCC(C)N.Cl. The van der Waals surface area contributed by atoms with Crippen LogP contribution in [0.1, 0.15) is 24.7 Å². The molecule has 1 unspecified atom stereocenters. The molecule has 1 aromatic rings. The van der Waals surface area contributed by atoms with Crippen LogP contribution >= 0.6 is 12.4 Å².